The first-order chi connectivity index (χ1) is 11.4. The van der Waals surface area contributed by atoms with Crippen LogP contribution in [-0.2, 0) is 11.3 Å². The lowest BCUT2D eigenvalue weighted by Gasteiger charge is -2.36. The predicted octanol–water partition coefficient (Wildman–Crippen LogP) is 0.968. The molecule has 1 atom stereocenters. The summed E-state index contributed by atoms with van der Waals surface area (Å²) >= 11 is 0. The second-order valence-corrected chi connectivity index (χ2v) is 6.97. The summed E-state index contributed by atoms with van der Waals surface area (Å²) in [5, 5.41) is 10.7. The number of carbonyl (C=O) groups excluding carboxylic acids is 1. The fourth-order valence-electron chi connectivity index (χ4n) is 3.45. The van der Waals surface area contributed by atoms with Crippen LogP contribution >= 0.6 is 0 Å². The molecule has 6 nitrogen and oxygen atoms in total. The smallest absolute Gasteiger partial charge is 0.250 e. The van der Waals surface area contributed by atoms with E-state index in [9.17, 15) is 18.7 Å². The van der Waals surface area contributed by atoms with E-state index in [0.29, 0.717) is 45.6 Å². The van der Waals surface area contributed by atoms with Gasteiger partial charge in [0.15, 0.2) is 0 Å². The van der Waals surface area contributed by atoms with Crippen LogP contribution in [0.1, 0.15) is 25.7 Å². The molecule has 1 amide bonds. The highest BCUT2D eigenvalue weighted by molar-refractivity contribution is 5.76. The third-order valence-corrected chi connectivity index (χ3v) is 4.93. The van der Waals surface area contributed by atoms with E-state index in [0.717, 1.165) is 0 Å². The molecule has 1 unspecified atom stereocenters. The Kier molecular flexibility index (Phi) is 4.87. The molecule has 24 heavy (non-hydrogen) atoms. The van der Waals surface area contributed by atoms with Gasteiger partial charge in [-0.1, -0.05) is 0 Å². The first-order valence-corrected chi connectivity index (χ1v) is 8.41. The van der Waals surface area contributed by atoms with Crippen LogP contribution in [-0.4, -0.2) is 74.6 Å². The van der Waals surface area contributed by atoms with E-state index >= 15 is 0 Å². The summed E-state index contributed by atoms with van der Waals surface area (Å²) in [6.45, 7) is 2.31. The number of alkyl halides is 2. The lowest BCUT2D eigenvalue weighted by molar-refractivity contribution is -0.131. The van der Waals surface area contributed by atoms with Crippen molar-refractivity contribution in [1.82, 2.24) is 19.4 Å². The van der Waals surface area contributed by atoms with Gasteiger partial charge in [0.2, 0.25) is 5.91 Å². The number of aliphatic hydroxyl groups is 1. The molecule has 1 aromatic rings. The van der Waals surface area contributed by atoms with Gasteiger partial charge in [-0.25, -0.2) is 13.8 Å². The Bertz CT molecular complexity index is 556. The molecule has 2 saturated heterocycles. The number of carbonyl (C=O) groups is 1. The number of hydrogen-bond acceptors (Lipinski definition) is 4. The van der Waals surface area contributed by atoms with E-state index in [1.807, 2.05) is 9.47 Å². The van der Waals surface area contributed by atoms with E-state index < -0.39 is 11.5 Å². The summed E-state index contributed by atoms with van der Waals surface area (Å²) in [5.41, 5.74) is -0.989. The molecule has 0 bridgehead atoms. The maximum atomic E-state index is 13.2. The van der Waals surface area contributed by atoms with Crippen molar-refractivity contribution >= 4 is 5.91 Å². The molecule has 134 valence electrons. The van der Waals surface area contributed by atoms with Crippen molar-refractivity contribution in [3.05, 3.63) is 18.7 Å². The second kappa shape index (κ2) is 6.76. The number of piperidine rings is 1. The maximum absolute atomic E-state index is 13.2. The number of β-amino-alcohol motifs (C(OH)–C–C–N with tert-alkyl or cyclic N) is 1. The summed E-state index contributed by atoms with van der Waals surface area (Å²) in [6.07, 6.45) is 5.69. The van der Waals surface area contributed by atoms with Gasteiger partial charge >= 0.3 is 0 Å². The fraction of sp³-hybridized carbons (Fsp3) is 0.750. The number of nitrogens with zero attached hydrogens (tertiary/aromatic N) is 4. The van der Waals surface area contributed by atoms with Gasteiger partial charge in [-0.3, -0.25) is 9.69 Å². The van der Waals surface area contributed by atoms with Crippen LogP contribution in [0.4, 0.5) is 8.78 Å². The van der Waals surface area contributed by atoms with Crippen molar-refractivity contribution in [1.29, 1.82) is 0 Å². The highest BCUT2D eigenvalue weighted by Gasteiger charge is 2.41. The van der Waals surface area contributed by atoms with Crippen molar-refractivity contribution in [3.63, 3.8) is 0 Å². The Morgan fingerprint density at radius 3 is 2.62 bits per heavy atom. The molecule has 0 spiro atoms. The average molecular weight is 342 g/mol. The van der Waals surface area contributed by atoms with Crippen molar-refractivity contribution in [2.24, 2.45) is 0 Å². The number of halogens is 2. The van der Waals surface area contributed by atoms with Crippen LogP contribution in [0.2, 0.25) is 0 Å². The average Bonchev–Trinajstić information content (AvgIpc) is 3.17. The SMILES string of the molecule is O=C(CCn1ccnc1)N1CCC(O)(CN2CCC(F)(F)CC2)C1. The highest BCUT2D eigenvalue weighted by atomic mass is 19.3. The van der Waals surface area contributed by atoms with Gasteiger partial charge in [0, 0.05) is 64.4 Å². The van der Waals surface area contributed by atoms with Crippen molar-refractivity contribution in [2.45, 2.75) is 43.8 Å². The van der Waals surface area contributed by atoms with Crippen LogP contribution in [0, 0.1) is 0 Å². The number of aromatic nitrogens is 2. The first kappa shape index (κ1) is 17.3. The summed E-state index contributed by atoms with van der Waals surface area (Å²) in [5.74, 6) is -2.57. The van der Waals surface area contributed by atoms with Crippen LogP contribution < -0.4 is 0 Å². The molecular weight excluding hydrogens is 318 g/mol. The zero-order chi connectivity index (χ0) is 17.2. The summed E-state index contributed by atoms with van der Waals surface area (Å²) in [7, 11) is 0. The minimum absolute atomic E-state index is 0.00445. The molecule has 0 radical (unpaired) electrons. The first-order valence-electron chi connectivity index (χ1n) is 8.41. The van der Waals surface area contributed by atoms with E-state index in [1.165, 1.54) is 0 Å². The van der Waals surface area contributed by atoms with Crippen LogP contribution in [0.5, 0.6) is 0 Å². The van der Waals surface area contributed by atoms with Crippen LogP contribution in [0.3, 0.4) is 0 Å². The number of amides is 1. The number of imidazole rings is 1. The zero-order valence-corrected chi connectivity index (χ0v) is 13.7. The van der Waals surface area contributed by atoms with Crippen molar-refractivity contribution in [2.75, 3.05) is 32.7 Å². The predicted molar refractivity (Wildman–Crippen MR) is 83.6 cm³/mol. The number of hydrogen-bond donors (Lipinski definition) is 1. The zero-order valence-electron chi connectivity index (χ0n) is 13.7. The van der Waals surface area contributed by atoms with Gasteiger partial charge in [-0.05, 0) is 6.42 Å². The Balaban J connectivity index is 1.46. The minimum Gasteiger partial charge on any atom is -0.387 e. The van der Waals surface area contributed by atoms with Crippen molar-refractivity contribution < 1.29 is 18.7 Å². The van der Waals surface area contributed by atoms with E-state index in [2.05, 4.69) is 4.98 Å². The normalized spacial score (nSPS) is 27.5. The molecule has 1 aromatic heterocycles. The third kappa shape index (κ3) is 4.30. The fourth-order valence-corrected chi connectivity index (χ4v) is 3.45. The summed E-state index contributed by atoms with van der Waals surface area (Å²) in [6, 6.07) is 0. The van der Waals surface area contributed by atoms with Crippen LogP contribution in [0.25, 0.3) is 0 Å². The molecule has 0 saturated carbocycles. The molecule has 3 rings (SSSR count). The Hall–Kier alpha value is -1.54. The lowest BCUT2D eigenvalue weighted by Crippen LogP contribution is -2.49. The number of rotatable bonds is 5. The van der Waals surface area contributed by atoms with Crippen LogP contribution in [0.15, 0.2) is 18.7 Å². The Morgan fingerprint density at radius 1 is 1.21 bits per heavy atom. The van der Waals surface area contributed by atoms with E-state index in [-0.39, 0.29) is 25.3 Å². The molecule has 1 N–H and O–H groups in total. The van der Waals surface area contributed by atoms with Gasteiger partial charge in [0.1, 0.15) is 0 Å². The maximum Gasteiger partial charge on any atom is 0.250 e. The third-order valence-electron chi connectivity index (χ3n) is 4.93. The molecule has 2 fully saturated rings. The molecule has 2 aliphatic rings. The summed E-state index contributed by atoms with van der Waals surface area (Å²) < 4.78 is 28.3. The molecule has 8 heteroatoms. The molecule has 2 aliphatic heterocycles. The highest BCUT2D eigenvalue weighted by Crippen LogP contribution is 2.30. The van der Waals surface area contributed by atoms with Crippen molar-refractivity contribution in [3.8, 4) is 0 Å². The van der Waals surface area contributed by atoms with Gasteiger partial charge in [-0.15, -0.1) is 0 Å². The van der Waals surface area contributed by atoms with Gasteiger partial charge in [0.05, 0.1) is 18.5 Å². The molecule has 3 heterocycles. The quantitative estimate of drug-likeness (QED) is 0.866. The number of likely N-dealkylation sites (tertiary alicyclic amines) is 2. The van der Waals surface area contributed by atoms with E-state index in [1.54, 1.807) is 23.6 Å². The molecule has 0 aromatic carbocycles. The lowest BCUT2D eigenvalue weighted by atomic mass is 10.00. The molecule has 0 aliphatic carbocycles. The second-order valence-electron chi connectivity index (χ2n) is 6.97. The topological polar surface area (TPSA) is 61.6 Å². The van der Waals surface area contributed by atoms with Gasteiger partial charge in [-0.2, -0.15) is 0 Å². The largest absolute Gasteiger partial charge is 0.387 e. The Labute approximate surface area is 140 Å². The molecular formula is C16H24F2N4O2. The summed E-state index contributed by atoms with van der Waals surface area (Å²) in [4.78, 5) is 19.8. The van der Waals surface area contributed by atoms with Gasteiger partial charge in [0.25, 0.3) is 5.92 Å². The Morgan fingerprint density at radius 2 is 1.96 bits per heavy atom. The minimum atomic E-state index is -2.58. The standard InChI is InChI=1S/C16H24F2N4O2/c17-16(18)3-7-20(8-4-16)11-15(24)2-9-22(12-15)14(23)1-6-21-10-5-19-13-21/h5,10,13,24H,1-4,6-9,11-12H2. The van der Waals surface area contributed by atoms with E-state index in [4.69, 9.17) is 0 Å². The number of aryl methyl sites for hydroxylation is 1. The van der Waals surface area contributed by atoms with Gasteiger partial charge < -0.3 is 14.6 Å². The monoisotopic (exact) mass is 342 g/mol.